The lowest BCUT2D eigenvalue weighted by molar-refractivity contribution is -0.144. The number of unbranched alkanes of at least 4 members (excludes halogenated alkanes) is 4. The van der Waals surface area contributed by atoms with Crippen molar-refractivity contribution in [3.63, 3.8) is 0 Å². The van der Waals surface area contributed by atoms with Gasteiger partial charge in [-0.25, -0.2) is 8.78 Å². The summed E-state index contributed by atoms with van der Waals surface area (Å²) in [5.74, 6) is 1.89. The van der Waals surface area contributed by atoms with Gasteiger partial charge < -0.3 is 4.74 Å². The zero-order chi connectivity index (χ0) is 27.6. The van der Waals surface area contributed by atoms with Crippen molar-refractivity contribution in [2.24, 2.45) is 35.5 Å². The average molecular weight is 543 g/mol. The Morgan fingerprint density at radius 3 is 2.33 bits per heavy atom. The van der Waals surface area contributed by atoms with E-state index in [4.69, 9.17) is 4.74 Å². The first-order chi connectivity index (χ1) is 19.0. The Balaban J connectivity index is 1.26. The molecule has 3 aliphatic rings. The molecule has 0 bridgehead atoms. The van der Waals surface area contributed by atoms with Gasteiger partial charge in [0.15, 0.2) is 0 Å². The Labute approximate surface area is 236 Å². The number of carbonyl (C=O) groups excluding carboxylic acids is 1. The van der Waals surface area contributed by atoms with E-state index in [0.29, 0.717) is 24.7 Å². The van der Waals surface area contributed by atoms with Crippen molar-refractivity contribution in [1.82, 2.24) is 0 Å². The fourth-order valence-electron chi connectivity index (χ4n) is 8.17. The van der Waals surface area contributed by atoms with Crippen LogP contribution in [0.15, 0.2) is 24.3 Å². The van der Waals surface area contributed by atoms with Crippen molar-refractivity contribution in [2.45, 2.75) is 129 Å². The number of fused-ring (bicyclic) bond motifs is 1. The van der Waals surface area contributed by atoms with Gasteiger partial charge in [0.1, 0.15) is 17.4 Å². The molecule has 3 saturated carbocycles. The van der Waals surface area contributed by atoms with Gasteiger partial charge in [-0.1, -0.05) is 83.3 Å². The lowest BCUT2D eigenvalue weighted by Gasteiger charge is -2.46. The number of rotatable bonds is 12. The van der Waals surface area contributed by atoms with Crippen LogP contribution in [0.3, 0.4) is 0 Å². The summed E-state index contributed by atoms with van der Waals surface area (Å²) < 4.78 is 34.8. The van der Waals surface area contributed by atoms with Crippen LogP contribution in [-0.2, 0) is 11.2 Å². The summed E-state index contributed by atoms with van der Waals surface area (Å²) in [6, 6.07) is 2.37. The highest BCUT2D eigenvalue weighted by atomic mass is 19.1. The van der Waals surface area contributed by atoms with E-state index in [-0.39, 0.29) is 23.2 Å². The van der Waals surface area contributed by atoms with Crippen LogP contribution in [0.5, 0.6) is 5.75 Å². The Hall–Kier alpha value is -1.71. The summed E-state index contributed by atoms with van der Waals surface area (Å²) in [5.41, 5.74) is 0.0601. The molecule has 0 amide bonds. The molecule has 0 aliphatic heterocycles. The normalized spacial score (nSPS) is 29.3. The highest BCUT2D eigenvalue weighted by molar-refractivity contribution is 5.75. The number of esters is 1. The van der Waals surface area contributed by atoms with Crippen molar-refractivity contribution < 1.29 is 18.3 Å². The molecule has 0 aromatic heterocycles. The maximum atomic E-state index is 14.6. The Morgan fingerprint density at radius 2 is 1.62 bits per heavy atom. The first kappa shape index (κ1) is 30.3. The summed E-state index contributed by atoms with van der Waals surface area (Å²) in [5, 5.41) is 0. The molecule has 0 saturated heterocycles. The molecule has 4 unspecified atom stereocenters. The quantitative estimate of drug-likeness (QED) is 0.114. The molecule has 3 aliphatic carbocycles. The third-order valence-electron chi connectivity index (χ3n) is 10.4. The van der Waals surface area contributed by atoms with Gasteiger partial charge in [0.05, 0.1) is 5.92 Å². The summed E-state index contributed by atoms with van der Waals surface area (Å²) in [6.07, 6.45) is 25.3. The molecule has 3 fully saturated rings. The molecule has 1 aromatic rings. The molecule has 218 valence electrons. The van der Waals surface area contributed by atoms with Crippen LogP contribution in [0, 0.1) is 47.1 Å². The van der Waals surface area contributed by atoms with Crippen LogP contribution in [-0.4, -0.2) is 5.97 Å². The van der Waals surface area contributed by atoms with Crippen LogP contribution >= 0.6 is 0 Å². The summed E-state index contributed by atoms with van der Waals surface area (Å²) in [7, 11) is 0. The number of benzene rings is 1. The van der Waals surface area contributed by atoms with Crippen LogP contribution < -0.4 is 4.74 Å². The zero-order valence-electron chi connectivity index (χ0n) is 24.6. The monoisotopic (exact) mass is 542 g/mol. The molecular weight excluding hydrogens is 490 g/mol. The molecule has 0 radical (unpaired) electrons. The fourth-order valence-corrected chi connectivity index (χ4v) is 8.17. The van der Waals surface area contributed by atoms with E-state index in [0.717, 1.165) is 37.0 Å². The largest absolute Gasteiger partial charge is 0.426 e. The number of ether oxygens (including phenoxy) is 1. The standard InChI is InChI=1S/C35H52F2O2/c1-3-5-7-8-10-12-25-16-18-26(19-17-25)27-20-21-30-28(22-27)13-11-15-31(30)35(38)39-29-23-33(36)32(34(37)24-29)14-9-6-4-2/h4,6,23-28,30-31H,3,5,7-22H2,1-2H3/b6-4+. The van der Waals surface area contributed by atoms with E-state index in [1.54, 1.807) is 0 Å². The summed E-state index contributed by atoms with van der Waals surface area (Å²) in [4.78, 5) is 13.2. The number of allylic oxidation sites excluding steroid dienone is 2. The van der Waals surface area contributed by atoms with Crippen LogP contribution in [0.1, 0.15) is 129 Å². The SMILES string of the molecule is C/C=C/CCc1c(F)cc(OC(=O)C2CCCC3CC(C4CCC(CCCCCCC)CC4)CCC32)cc1F. The fraction of sp³-hybridized carbons (Fsp3) is 0.743. The van der Waals surface area contributed by atoms with Gasteiger partial charge in [-0.2, -0.15) is 0 Å². The van der Waals surface area contributed by atoms with Crippen molar-refractivity contribution >= 4 is 5.97 Å². The van der Waals surface area contributed by atoms with Crippen LogP contribution in [0.2, 0.25) is 0 Å². The van der Waals surface area contributed by atoms with Gasteiger partial charge >= 0.3 is 5.97 Å². The lowest BCUT2D eigenvalue weighted by atomic mass is 9.59. The second kappa shape index (κ2) is 15.3. The van der Waals surface area contributed by atoms with E-state index in [1.807, 2.05) is 19.1 Å². The molecular formula is C35H52F2O2. The zero-order valence-corrected chi connectivity index (χ0v) is 24.6. The van der Waals surface area contributed by atoms with Crippen molar-refractivity contribution in [3.8, 4) is 5.75 Å². The van der Waals surface area contributed by atoms with E-state index < -0.39 is 11.6 Å². The van der Waals surface area contributed by atoms with Crippen LogP contribution in [0.25, 0.3) is 0 Å². The minimum Gasteiger partial charge on any atom is -0.426 e. The molecule has 4 heteroatoms. The number of carbonyl (C=O) groups is 1. The second-order valence-corrected chi connectivity index (χ2v) is 12.9. The van der Waals surface area contributed by atoms with Gasteiger partial charge in [-0.05, 0) is 87.9 Å². The first-order valence-corrected chi connectivity index (χ1v) is 16.3. The summed E-state index contributed by atoms with van der Waals surface area (Å²) in [6.45, 7) is 4.17. The molecule has 4 atom stereocenters. The highest BCUT2D eigenvalue weighted by Crippen LogP contribution is 2.50. The van der Waals surface area contributed by atoms with E-state index in [9.17, 15) is 13.6 Å². The second-order valence-electron chi connectivity index (χ2n) is 12.9. The Morgan fingerprint density at radius 1 is 0.897 bits per heavy atom. The molecule has 2 nitrogen and oxygen atoms in total. The first-order valence-electron chi connectivity index (χ1n) is 16.3. The highest BCUT2D eigenvalue weighted by Gasteiger charge is 2.43. The van der Waals surface area contributed by atoms with Gasteiger partial charge in [0.25, 0.3) is 0 Å². The van der Waals surface area contributed by atoms with Gasteiger partial charge in [0.2, 0.25) is 0 Å². The maximum absolute atomic E-state index is 14.6. The minimum absolute atomic E-state index is 0.00252. The Kier molecular flexibility index (Phi) is 11.9. The lowest BCUT2D eigenvalue weighted by Crippen LogP contribution is -2.40. The molecule has 0 spiro atoms. The number of halogens is 2. The average Bonchev–Trinajstić information content (AvgIpc) is 2.94. The molecule has 0 N–H and O–H groups in total. The predicted octanol–water partition coefficient (Wildman–Crippen LogP) is 10.4. The molecule has 4 rings (SSSR count). The molecule has 39 heavy (non-hydrogen) atoms. The maximum Gasteiger partial charge on any atom is 0.314 e. The predicted molar refractivity (Wildman–Crippen MR) is 156 cm³/mol. The number of hydrogen-bond acceptors (Lipinski definition) is 2. The van der Waals surface area contributed by atoms with E-state index in [1.165, 1.54) is 95.6 Å². The number of hydrogen-bond donors (Lipinski definition) is 0. The topological polar surface area (TPSA) is 26.3 Å². The van der Waals surface area contributed by atoms with Crippen molar-refractivity contribution in [1.29, 1.82) is 0 Å². The van der Waals surface area contributed by atoms with Crippen molar-refractivity contribution in [3.05, 3.63) is 41.5 Å². The molecule has 1 aromatic carbocycles. The summed E-state index contributed by atoms with van der Waals surface area (Å²) >= 11 is 0. The van der Waals surface area contributed by atoms with Gasteiger partial charge in [-0.3, -0.25) is 4.79 Å². The van der Waals surface area contributed by atoms with Gasteiger partial charge in [0, 0.05) is 17.7 Å². The van der Waals surface area contributed by atoms with Crippen LogP contribution in [0.4, 0.5) is 8.78 Å². The smallest absolute Gasteiger partial charge is 0.314 e. The Bertz CT molecular complexity index is 910. The van der Waals surface area contributed by atoms with E-state index in [2.05, 4.69) is 6.92 Å². The van der Waals surface area contributed by atoms with Crippen molar-refractivity contribution in [2.75, 3.05) is 0 Å². The van der Waals surface area contributed by atoms with Gasteiger partial charge in [-0.15, -0.1) is 0 Å². The third kappa shape index (κ3) is 8.40. The molecule has 0 heterocycles. The van der Waals surface area contributed by atoms with E-state index >= 15 is 0 Å². The third-order valence-corrected chi connectivity index (χ3v) is 10.4. The minimum atomic E-state index is -0.629.